The molecular formula is C70H79N3O25. The standard InChI is InChI=1S/C70H79N3O25/c1-36(54(65(82)98-70(6,7)8)73-69(83)87-32-48-46-30-20-18-28-44(46)45-29-19-21-31-47(45)48)88-67-52(71)58(97-68-61(91-40(5)77)60(90-39(4)76)57(89-38(3)75)50(94-68)34-84-37(2)74)55(78)49(92-67)33-86-66-53(72)59(96-64(81)43-26-16-11-17-27-43)56(95-63(80)42-24-14-10-15-25-42)51(93-66)35-85-62(79)41-22-12-9-13-23-41/h9-31,36,48-61,66-68,78H,32-35,71-72H2,1-8H3,(H,73,83)/t36-,49-,50-,51-,52-,53-,54+,55+,56-,57+,58-,59-,60+,61-,66-,67+,68+/m1/s1. The predicted molar refractivity (Wildman–Crippen MR) is 338 cm³/mol. The Labute approximate surface area is 563 Å². The van der Waals surface area contributed by atoms with Crippen molar-refractivity contribution in [1.29, 1.82) is 0 Å². The summed E-state index contributed by atoms with van der Waals surface area (Å²) in [6.07, 6.45) is -25.4. The number of alkyl carbamates (subject to hydrolysis) is 1. The number of carbonyl (C=O) groups excluding carboxylic acids is 9. The number of rotatable bonds is 24. The first-order valence-electron chi connectivity index (χ1n) is 31.6. The molecule has 0 aromatic heterocycles. The van der Waals surface area contributed by atoms with Crippen LogP contribution in [0.5, 0.6) is 0 Å². The number of aliphatic hydroxyl groups excluding tert-OH is 1. The molecule has 17 atom stereocenters. The Hall–Kier alpha value is -9.23. The van der Waals surface area contributed by atoms with Crippen molar-refractivity contribution in [2.24, 2.45) is 11.5 Å². The summed E-state index contributed by atoms with van der Waals surface area (Å²) < 4.78 is 90.3. The highest BCUT2D eigenvalue weighted by Crippen LogP contribution is 2.45. The fraction of sp³-hybridized carbons (Fsp3) is 0.443. The average molecular weight is 1360 g/mol. The van der Waals surface area contributed by atoms with Crippen LogP contribution < -0.4 is 16.8 Å². The summed E-state index contributed by atoms with van der Waals surface area (Å²) >= 11 is 0. The van der Waals surface area contributed by atoms with Gasteiger partial charge in [0.05, 0.1) is 41.5 Å². The molecule has 0 saturated carbocycles. The van der Waals surface area contributed by atoms with E-state index in [2.05, 4.69) is 5.32 Å². The van der Waals surface area contributed by atoms with Gasteiger partial charge in [-0.15, -0.1) is 0 Å². The molecule has 3 fully saturated rings. The molecule has 524 valence electrons. The molecule has 0 radical (unpaired) electrons. The van der Waals surface area contributed by atoms with E-state index in [1.54, 1.807) is 75.4 Å². The zero-order valence-corrected chi connectivity index (χ0v) is 54.9. The van der Waals surface area contributed by atoms with E-state index in [0.717, 1.165) is 49.9 Å². The van der Waals surface area contributed by atoms with Gasteiger partial charge in [-0.05, 0) is 86.3 Å². The van der Waals surface area contributed by atoms with Crippen molar-refractivity contribution in [3.05, 3.63) is 167 Å². The van der Waals surface area contributed by atoms with Crippen LogP contribution in [0, 0.1) is 0 Å². The van der Waals surface area contributed by atoms with Crippen molar-refractivity contribution >= 4 is 53.8 Å². The third kappa shape index (κ3) is 18.5. The Morgan fingerprint density at radius 2 is 0.929 bits per heavy atom. The maximum atomic E-state index is 14.4. The number of aliphatic hydroxyl groups is 1. The van der Waals surface area contributed by atoms with E-state index < -0.39 is 183 Å². The first kappa shape index (κ1) is 73.0. The molecule has 0 unspecified atom stereocenters. The third-order valence-electron chi connectivity index (χ3n) is 16.1. The molecule has 9 rings (SSSR count). The number of amides is 1. The molecule has 28 nitrogen and oxygen atoms in total. The fourth-order valence-corrected chi connectivity index (χ4v) is 11.6. The molecule has 3 aliphatic heterocycles. The zero-order valence-electron chi connectivity index (χ0n) is 54.9. The van der Waals surface area contributed by atoms with Crippen LogP contribution in [0.15, 0.2) is 140 Å². The molecule has 0 spiro atoms. The van der Waals surface area contributed by atoms with E-state index in [9.17, 15) is 48.3 Å². The van der Waals surface area contributed by atoms with E-state index in [-0.39, 0.29) is 29.2 Å². The number of esters is 8. The first-order valence-corrected chi connectivity index (χ1v) is 31.6. The van der Waals surface area contributed by atoms with Crippen LogP contribution in [-0.2, 0) is 95.0 Å². The Kier molecular flexibility index (Phi) is 24.5. The van der Waals surface area contributed by atoms with Gasteiger partial charge < -0.3 is 92.9 Å². The lowest BCUT2D eigenvalue weighted by atomic mass is 9.95. The van der Waals surface area contributed by atoms with Gasteiger partial charge in [-0.25, -0.2) is 24.0 Å². The maximum Gasteiger partial charge on any atom is 0.407 e. The highest BCUT2D eigenvalue weighted by Gasteiger charge is 2.57. The van der Waals surface area contributed by atoms with Crippen molar-refractivity contribution in [3.8, 4) is 11.1 Å². The molecule has 3 saturated heterocycles. The van der Waals surface area contributed by atoms with Crippen LogP contribution in [-0.4, -0.2) is 195 Å². The van der Waals surface area contributed by atoms with Crippen molar-refractivity contribution in [3.63, 3.8) is 0 Å². The lowest BCUT2D eigenvalue weighted by Gasteiger charge is -2.49. The summed E-state index contributed by atoms with van der Waals surface area (Å²) in [4.78, 5) is 121. The minimum absolute atomic E-state index is 0.0595. The van der Waals surface area contributed by atoms with Gasteiger partial charge in [0.25, 0.3) is 0 Å². The third-order valence-corrected chi connectivity index (χ3v) is 16.1. The molecule has 28 heteroatoms. The Bertz CT molecular complexity index is 3570. The Morgan fingerprint density at radius 1 is 0.480 bits per heavy atom. The summed E-state index contributed by atoms with van der Waals surface area (Å²) in [7, 11) is 0. The number of benzene rings is 5. The van der Waals surface area contributed by atoms with Crippen molar-refractivity contribution in [1.82, 2.24) is 5.32 Å². The molecule has 5 aromatic rings. The molecule has 4 aliphatic rings. The number of hydrogen-bond donors (Lipinski definition) is 4. The Balaban J connectivity index is 1.06. The Morgan fingerprint density at radius 3 is 1.46 bits per heavy atom. The molecule has 0 bridgehead atoms. The second-order valence-electron chi connectivity index (χ2n) is 24.5. The van der Waals surface area contributed by atoms with E-state index in [1.165, 1.54) is 43.3 Å². The lowest BCUT2D eigenvalue weighted by Crippen LogP contribution is -2.69. The minimum Gasteiger partial charge on any atom is -0.463 e. The quantitative estimate of drug-likeness (QED) is 0.0471. The van der Waals surface area contributed by atoms with Crippen LogP contribution >= 0.6 is 0 Å². The van der Waals surface area contributed by atoms with Gasteiger partial charge >= 0.3 is 53.8 Å². The molecule has 98 heavy (non-hydrogen) atoms. The molecular weight excluding hydrogens is 1280 g/mol. The number of nitrogens with one attached hydrogen (secondary N) is 1. The van der Waals surface area contributed by atoms with E-state index in [4.69, 9.17) is 82.5 Å². The molecule has 5 aromatic carbocycles. The predicted octanol–water partition coefficient (Wildman–Crippen LogP) is 4.90. The second-order valence-corrected chi connectivity index (χ2v) is 24.5. The summed E-state index contributed by atoms with van der Waals surface area (Å²) in [5.41, 5.74) is 16.9. The summed E-state index contributed by atoms with van der Waals surface area (Å²) in [5.74, 6) is -7.76. The summed E-state index contributed by atoms with van der Waals surface area (Å²) in [6, 6.07) is 33.7. The average Bonchev–Trinajstić information content (AvgIpc) is 1.31. The number of ether oxygens (including phenoxy) is 15. The highest BCUT2D eigenvalue weighted by atomic mass is 16.8. The topological polar surface area (TPSA) is 376 Å². The summed E-state index contributed by atoms with van der Waals surface area (Å²) in [6.45, 7) is 7.95. The number of fused-ring (bicyclic) bond motifs is 3. The SMILES string of the molecule is CC(=O)OC[C@H]1O[C@@H](O[C@@H]2[C@@H](N)[C@@H](O[C@H](C)[C@H](NC(=O)OCC3c4ccccc4-c4ccccc43)C(=O)OC(C)(C)C)O[C@H](CO[C@@H]3O[C@H](COC(=O)c4ccccc4)[C@@H](OC(=O)c4ccccc4)[C@H](OC(=O)c4ccccc4)[C@H]3N)[C@@H]2O)[C@H](OC(C)=O)[C@@H](OC(C)=O)[C@H]1OC(C)=O. The molecule has 1 amide bonds. The normalized spacial score (nSPS) is 26.4. The van der Waals surface area contributed by atoms with E-state index in [0.29, 0.717) is 0 Å². The fourth-order valence-electron chi connectivity index (χ4n) is 11.6. The van der Waals surface area contributed by atoms with Gasteiger partial charge in [0.1, 0.15) is 55.9 Å². The monoisotopic (exact) mass is 1360 g/mol. The molecule has 1 aliphatic carbocycles. The zero-order chi connectivity index (χ0) is 70.5. The van der Waals surface area contributed by atoms with Crippen LogP contribution in [0.3, 0.4) is 0 Å². The summed E-state index contributed by atoms with van der Waals surface area (Å²) in [5, 5.41) is 15.3. The number of nitrogens with two attached hydrogens (primary N) is 2. The maximum absolute atomic E-state index is 14.4. The minimum atomic E-state index is -2.01. The van der Waals surface area contributed by atoms with Gasteiger partial charge in [-0.2, -0.15) is 0 Å². The van der Waals surface area contributed by atoms with Gasteiger partial charge in [0.2, 0.25) is 0 Å². The number of hydrogen-bond acceptors (Lipinski definition) is 27. The molecule has 6 N–H and O–H groups in total. The van der Waals surface area contributed by atoms with Crippen molar-refractivity contribution < 1.29 is 119 Å². The smallest absolute Gasteiger partial charge is 0.407 e. The van der Waals surface area contributed by atoms with Crippen LogP contribution in [0.2, 0.25) is 0 Å². The van der Waals surface area contributed by atoms with Gasteiger partial charge in [-0.1, -0.05) is 103 Å². The first-order chi connectivity index (χ1) is 46.7. The second kappa shape index (κ2) is 32.9. The van der Waals surface area contributed by atoms with E-state index >= 15 is 0 Å². The van der Waals surface area contributed by atoms with Crippen molar-refractivity contribution in [2.75, 3.05) is 26.4 Å². The van der Waals surface area contributed by atoms with Gasteiger partial charge in [0.15, 0.2) is 55.4 Å². The van der Waals surface area contributed by atoms with Crippen LogP contribution in [0.4, 0.5) is 4.79 Å². The van der Waals surface area contributed by atoms with Crippen LogP contribution in [0.25, 0.3) is 11.1 Å². The lowest BCUT2D eigenvalue weighted by molar-refractivity contribution is -0.351. The largest absolute Gasteiger partial charge is 0.463 e. The van der Waals surface area contributed by atoms with Crippen molar-refractivity contribution in [2.45, 2.75) is 171 Å². The van der Waals surface area contributed by atoms with Crippen LogP contribution in [0.1, 0.15) is 104 Å². The number of carbonyl (C=O) groups is 9. The van der Waals surface area contributed by atoms with Gasteiger partial charge in [-0.3, -0.25) is 19.2 Å². The highest BCUT2D eigenvalue weighted by molar-refractivity contribution is 5.91. The molecule has 3 heterocycles. The van der Waals surface area contributed by atoms with E-state index in [1.807, 2.05) is 48.5 Å². The van der Waals surface area contributed by atoms with Gasteiger partial charge in [0, 0.05) is 33.6 Å².